The Morgan fingerprint density at radius 3 is 2.65 bits per heavy atom. The third-order valence-electron chi connectivity index (χ3n) is 3.48. The predicted molar refractivity (Wildman–Crippen MR) is 79.9 cm³/mol. The number of nitrogens with two attached hydrogens (primary N) is 1. The summed E-state index contributed by atoms with van der Waals surface area (Å²) in [6.45, 7) is 1.74. The summed E-state index contributed by atoms with van der Waals surface area (Å²) in [4.78, 5) is 25.7. The first-order valence-electron chi connectivity index (χ1n) is 6.62. The number of nitrogens with zero attached hydrogens (tertiary/aromatic N) is 1. The SMILES string of the molecule is NC(=O)N1CCC(C(=O)NCCc2ccc(Cl)s2)CC1. The van der Waals surface area contributed by atoms with E-state index >= 15 is 0 Å². The van der Waals surface area contributed by atoms with Gasteiger partial charge < -0.3 is 16.0 Å². The highest BCUT2D eigenvalue weighted by atomic mass is 35.5. The van der Waals surface area contributed by atoms with Gasteiger partial charge in [-0.25, -0.2) is 4.79 Å². The van der Waals surface area contributed by atoms with Gasteiger partial charge in [0.2, 0.25) is 5.91 Å². The minimum atomic E-state index is -0.404. The number of hydrogen-bond donors (Lipinski definition) is 2. The Labute approximate surface area is 127 Å². The summed E-state index contributed by atoms with van der Waals surface area (Å²) in [6, 6.07) is 3.44. The summed E-state index contributed by atoms with van der Waals surface area (Å²) in [5.74, 6) is 0.0503. The molecule has 0 aromatic carbocycles. The smallest absolute Gasteiger partial charge is 0.314 e. The topological polar surface area (TPSA) is 75.4 Å². The van der Waals surface area contributed by atoms with Crippen LogP contribution in [0.3, 0.4) is 0 Å². The number of amides is 3. The summed E-state index contributed by atoms with van der Waals surface area (Å²) in [7, 11) is 0. The lowest BCUT2D eigenvalue weighted by Gasteiger charge is -2.29. The zero-order valence-electron chi connectivity index (χ0n) is 11.1. The van der Waals surface area contributed by atoms with Crippen LogP contribution in [0.25, 0.3) is 0 Å². The number of halogens is 1. The Kier molecular flexibility index (Phi) is 5.25. The number of likely N-dealkylation sites (tertiary alicyclic amines) is 1. The van der Waals surface area contributed by atoms with Crippen LogP contribution < -0.4 is 11.1 Å². The monoisotopic (exact) mass is 315 g/mol. The number of thiophene rings is 1. The van der Waals surface area contributed by atoms with Crippen molar-refractivity contribution in [2.75, 3.05) is 19.6 Å². The third-order valence-corrected chi connectivity index (χ3v) is 4.77. The molecule has 0 saturated carbocycles. The Balaban J connectivity index is 1.69. The molecule has 0 atom stereocenters. The fourth-order valence-electron chi connectivity index (χ4n) is 2.30. The second kappa shape index (κ2) is 6.95. The van der Waals surface area contributed by atoms with E-state index in [1.807, 2.05) is 12.1 Å². The van der Waals surface area contributed by atoms with Crippen molar-refractivity contribution in [2.24, 2.45) is 11.7 Å². The maximum atomic E-state index is 12.0. The van der Waals surface area contributed by atoms with Crippen LogP contribution in [0.15, 0.2) is 12.1 Å². The third kappa shape index (κ3) is 4.11. The molecular weight excluding hydrogens is 298 g/mol. The maximum absolute atomic E-state index is 12.0. The number of carbonyl (C=O) groups is 2. The molecule has 0 bridgehead atoms. The van der Waals surface area contributed by atoms with E-state index in [2.05, 4.69) is 5.32 Å². The number of urea groups is 1. The fraction of sp³-hybridized carbons (Fsp3) is 0.538. The molecule has 7 heteroatoms. The molecule has 1 aliphatic rings. The second-order valence-corrected chi connectivity index (χ2v) is 6.65. The first-order chi connectivity index (χ1) is 9.56. The second-order valence-electron chi connectivity index (χ2n) is 4.85. The molecule has 0 radical (unpaired) electrons. The van der Waals surface area contributed by atoms with Crippen molar-refractivity contribution in [3.8, 4) is 0 Å². The molecule has 1 fully saturated rings. The highest BCUT2D eigenvalue weighted by Gasteiger charge is 2.25. The van der Waals surface area contributed by atoms with Crippen LogP contribution in [0.5, 0.6) is 0 Å². The van der Waals surface area contributed by atoms with E-state index in [9.17, 15) is 9.59 Å². The van der Waals surface area contributed by atoms with Gasteiger partial charge in [-0.2, -0.15) is 0 Å². The van der Waals surface area contributed by atoms with Crippen molar-refractivity contribution in [2.45, 2.75) is 19.3 Å². The number of primary amides is 1. The minimum absolute atomic E-state index is 0.0162. The summed E-state index contributed by atoms with van der Waals surface area (Å²) >= 11 is 7.39. The Hall–Kier alpha value is -1.27. The van der Waals surface area contributed by atoms with Crippen LogP contribution >= 0.6 is 22.9 Å². The van der Waals surface area contributed by atoms with Crippen molar-refractivity contribution in [1.82, 2.24) is 10.2 Å². The lowest BCUT2D eigenvalue weighted by atomic mass is 9.96. The first-order valence-corrected chi connectivity index (χ1v) is 7.82. The lowest BCUT2D eigenvalue weighted by Crippen LogP contribution is -2.45. The lowest BCUT2D eigenvalue weighted by molar-refractivity contribution is -0.126. The van der Waals surface area contributed by atoms with Crippen molar-refractivity contribution >= 4 is 34.9 Å². The van der Waals surface area contributed by atoms with Gasteiger partial charge in [-0.1, -0.05) is 11.6 Å². The number of rotatable bonds is 4. The molecule has 1 aromatic heterocycles. The fourth-order valence-corrected chi connectivity index (χ4v) is 3.39. The normalized spacial score (nSPS) is 16.1. The first kappa shape index (κ1) is 15.1. The van der Waals surface area contributed by atoms with Crippen LogP contribution in [-0.4, -0.2) is 36.5 Å². The van der Waals surface area contributed by atoms with Gasteiger partial charge in [0.1, 0.15) is 0 Å². The van der Waals surface area contributed by atoms with Gasteiger partial charge in [0.05, 0.1) is 4.34 Å². The summed E-state index contributed by atoms with van der Waals surface area (Å²) in [5.41, 5.74) is 5.21. The van der Waals surface area contributed by atoms with Crippen LogP contribution in [0.2, 0.25) is 4.34 Å². The molecule has 1 saturated heterocycles. The molecular formula is C13H18ClN3O2S. The molecule has 0 unspecified atom stereocenters. The van der Waals surface area contributed by atoms with Crippen molar-refractivity contribution < 1.29 is 9.59 Å². The van der Waals surface area contributed by atoms with Crippen molar-refractivity contribution in [1.29, 1.82) is 0 Å². The van der Waals surface area contributed by atoms with E-state index in [0.29, 0.717) is 32.5 Å². The van der Waals surface area contributed by atoms with Crippen molar-refractivity contribution in [3.63, 3.8) is 0 Å². The molecule has 2 rings (SSSR count). The number of nitrogens with one attached hydrogen (secondary N) is 1. The molecule has 0 spiro atoms. The van der Waals surface area contributed by atoms with Gasteiger partial charge in [-0.05, 0) is 31.4 Å². The van der Waals surface area contributed by atoms with Crippen LogP contribution in [0.1, 0.15) is 17.7 Å². The zero-order valence-corrected chi connectivity index (χ0v) is 12.7. The number of hydrogen-bond acceptors (Lipinski definition) is 3. The summed E-state index contributed by atoms with van der Waals surface area (Å²) < 4.78 is 0.769. The highest BCUT2D eigenvalue weighted by molar-refractivity contribution is 7.16. The van der Waals surface area contributed by atoms with Gasteiger partial charge in [0.15, 0.2) is 0 Å². The molecule has 0 aliphatic carbocycles. The maximum Gasteiger partial charge on any atom is 0.314 e. The van der Waals surface area contributed by atoms with Gasteiger partial charge in [-0.3, -0.25) is 4.79 Å². The molecule has 1 aliphatic heterocycles. The average molecular weight is 316 g/mol. The van der Waals surface area contributed by atoms with Crippen LogP contribution in [-0.2, 0) is 11.2 Å². The minimum Gasteiger partial charge on any atom is -0.355 e. The molecule has 110 valence electrons. The predicted octanol–water partition coefficient (Wildman–Crippen LogP) is 1.85. The number of piperidine rings is 1. The van der Waals surface area contributed by atoms with Gasteiger partial charge in [0, 0.05) is 30.4 Å². The van der Waals surface area contributed by atoms with E-state index < -0.39 is 6.03 Å². The quantitative estimate of drug-likeness (QED) is 0.889. The molecule has 2 heterocycles. The molecule has 3 N–H and O–H groups in total. The molecule has 20 heavy (non-hydrogen) atoms. The average Bonchev–Trinajstić information content (AvgIpc) is 2.84. The zero-order chi connectivity index (χ0) is 14.5. The van der Waals surface area contributed by atoms with E-state index in [-0.39, 0.29) is 11.8 Å². The van der Waals surface area contributed by atoms with E-state index in [1.165, 1.54) is 16.2 Å². The Morgan fingerprint density at radius 2 is 2.10 bits per heavy atom. The van der Waals surface area contributed by atoms with Crippen LogP contribution in [0, 0.1) is 5.92 Å². The molecule has 1 aromatic rings. The molecule has 5 nitrogen and oxygen atoms in total. The van der Waals surface area contributed by atoms with Gasteiger partial charge in [-0.15, -0.1) is 11.3 Å². The summed E-state index contributed by atoms with van der Waals surface area (Å²) in [6.07, 6.45) is 2.16. The van der Waals surface area contributed by atoms with E-state index in [1.54, 1.807) is 4.90 Å². The van der Waals surface area contributed by atoms with Crippen molar-refractivity contribution in [3.05, 3.63) is 21.3 Å². The standard InChI is InChI=1S/C13H18ClN3O2S/c14-11-2-1-10(20-11)3-6-16-12(18)9-4-7-17(8-5-9)13(15)19/h1-2,9H,3-8H2,(H2,15,19)(H,16,18). The highest BCUT2D eigenvalue weighted by Crippen LogP contribution is 2.21. The summed E-state index contributed by atoms with van der Waals surface area (Å²) in [5, 5.41) is 2.94. The van der Waals surface area contributed by atoms with E-state index in [0.717, 1.165) is 10.8 Å². The van der Waals surface area contributed by atoms with Crippen LogP contribution in [0.4, 0.5) is 4.79 Å². The molecule has 3 amide bonds. The number of carbonyl (C=O) groups excluding carboxylic acids is 2. The Bertz CT molecular complexity index is 484. The largest absolute Gasteiger partial charge is 0.355 e. The van der Waals surface area contributed by atoms with E-state index in [4.69, 9.17) is 17.3 Å². The van der Waals surface area contributed by atoms with Gasteiger partial charge >= 0.3 is 6.03 Å². The Morgan fingerprint density at radius 1 is 1.40 bits per heavy atom. The van der Waals surface area contributed by atoms with Gasteiger partial charge in [0.25, 0.3) is 0 Å².